The fourth-order valence-electron chi connectivity index (χ4n) is 3.71. The van der Waals surface area contributed by atoms with Crippen molar-refractivity contribution in [2.75, 3.05) is 6.61 Å². The highest BCUT2D eigenvalue weighted by atomic mass is 35.5. The monoisotopic (exact) mass is 476 g/mol. The van der Waals surface area contributed by atoms with E-state index in [-0.39, 0.29) is 18.8 Å². The van der Waals surface area contributed by atoms with Gasteiger partial charge in [0, 0.05) is 10.9 Å². The number of hydrogen-bond donors (Lipinski definition) is 0. The van der Waals surface area contributed by atoms with Gasteiger partial charge in [-0.15, -0.1) is 6.42 Å². The molecule has 0 unspecified atom stereocenters. The smallest absolute Gasteiger partial charge is 0.348 e. The molecule has 0 fully saturated rings. The van der Waals surface area contributed by atoms with E-state index in [2.05, 4.69) is 36.9 Å². The Labute approximate surface area is 202 Å². The van der Waals surface area contributed by atoms with Crippen LogP contribution in [0.3, 0.4) is 0 Å². The SMILES string of the molecule is C#CCOc1ccc2c(c1)c(-c1ccc(C(C)C)cc1)nc(=O)n2Cc1cccc(Cl)c1Cl. The van der Waals surface area contributed by atoms with Gasteiger partial charge in [0.25, 0.3) is 0 Å². The molecular weight excluding hydrogens is 455 g/mol. The molecule has 3 aromatic carbocycles. The van der Waals surface area contributed by atoms with Crippen molar-refractivity contribution >= 4 is 34.1 Å². The maximum atomic E-state index is 13.2. The molecule has 6 heteroatoms. The van der Waals surface area contributed by atoms with Crippen molar-refractivity contribution in [3.63, 3.8) is 0 Å². The summed E-state index contributed by atoms with van der Waals surface area (Å²) in [6.07, 6.45) is 5.35. The lowest BCUT2D eigenvalue weighted by Crippen LogP contribution is -2.24. The first-order valence-electron chi connectivity index (χ1n) is 10.5. The molecule has 0 atom stereocenters. The Morgan fingerprint density at radius 1 is 1.09 bits per heavy atom. The second-order valence-electron chi connectivity index (χ2n) is 7.99. The number of aromatic nitrogens is 2. The van der Waals surface area contributed by atoms with Crippen LogP contribution >= 0.6 is 23.2 Å². The maximum absolute atomic E-state index is 13.2. The summed E-state index contributed by atoms with van der Waals surface area (Å²) in [7, 11) is 0. The number of rotatable bonds is 6. The molecule has 0 saturated heterocycles. The number of terminal acetylenes is 1. The number of ether oxygens (including phenoxy) is 1. The van der Waals surface area contributed by atoms with E-state index in [0.29, 0.717) is 32.9 Å². The molecule has 0 aliphatic rings. The Balaban J connectivity index is 1.91. The van der Waals surface area contributed by atoms with E-state index in [1.165, 1.54) is 5.56 Å². The van der Waals surface area contributed by atoms with Crippen molar-refractivity contribution in [2.45, 2.75) is 26.3 Å². The third-order valence-corrected chi connectivity index (χ3v) is 6.34. The van der Waals surface area contributed by atoms with Crippen LogP contribution in [0.2, 0.25) is 10.0 Å². The van der Waals surface area contributed by atoms with Gasteiger partial charge in [-0.25, -0.2) is 4.79 Å². The number of nitrogens with zero attached hydrogens (tertiary/aromatic N) is 2. The quantitative estimate of drug-likeness (QED) is 0.296. The van der Waals surface area contributed by atoms with Crippen LogP contribution in [-0.4, -0.2) is 16.2 Å². The first kappa shape index (κ1) is 22.9. The molecule has 0 N–H and O–H groups in total. The minimum atomic E-state index is -0.376. The van der Waals surface area contributed by atoms with Crippen LogP contribution in [0.5, 0.6) is 5.75 Å². The average Bonchev–Trinajstić information content (AvgIpc) is 2.82. The lowest BCUT2D eigenvalue weighted by molar-refractivity contribution is 0.371. The molecule has 4 aromatic rings. The minimum absolute atomic E-state index is 0.148. The van der Waals surface area contributed by atoms with E-state index in [1.54, 1.807) is 22.8 Å². The summed E-state index contributed by atoms with van der Waals surface area (Å²) in [6.45, 7) is 4.66. The van der Waals surface area contributed by atoms with Crippen LogP contribution in [0, 0.1) is 12.3 Å². The first-order chi connectivity index (χ1) is 15.9. The second kappa shape index (κ2) is 9.70. The molecule has 166 valence electrons. The number of benzene rings is 3. The van der Waals surface area contributed by atoms with Crippen molar-refractivity contribution in [3.05, 3.63) is 92.3 Å². The predicted molar refractivity (Wildman–Crippen MR) is 135 cm³/mol. The van der Waals surface area contributed by atoms with Crippen LogP contribution in [-0.2, 0) is 6.54 Å². The molecule has 0 radical (unpaired) electrons. The first-order valence-corrected chi connectivity index (χ1v) is 11.3. The van der Waals surface area contributed by atoms with Gasteiger partial charge in [0.05, 0.1) is 27.8 Å². The molecule has 33 heavy (non-hydrogen) atoms. The van der Waals surface area contributed by atoms with Gasteiger partial charge in [0.1, 0.15) is 12.4 Å². The third kappa shape index (κ3) is 4.75. The Morgan fingerprint density at radius 3 is 2.55 bits per heavy atom. The zero-order valence-corrected chi connectivity index (χ0v) is 19.8. The zero-order chi connectivity index (χ0) is 23.5. The van der Waals surface area contributed by atoms with Gasteiger partial charge in [-0.3, -0.25) is 4.57 Å². The zero-order valence-electron chi connectivity index (χ0n) is 18.3. The third-order valence-electron chi connectivity index (χ3n) is 5.49. The van der Waals surface area contributed by atoms with Gasteiger partial charge in [-0.1, -0.05) is 79.4 Å². The Kier molecular flexibility index (Phi) is 6.74. The number of halogens is 2. The fraction of sp³-hybridized carbons (Fsp3) is 0.185. The van der Waals surface area contributed by atoms with Gasteiger partial charge in [0.15, 0.2) is 0 Å². The molecule has 1 heterocycles. The molecule has 0 bridgehead atoms. The molecule has 1 aromatic heterocycles. The van der Waals surface area contributed by atoms with E-state index in [4.69, 9.17) is 34.4 Å². The molecule has 0 spiro atoms. The molecule has 0 aliphatic carbocycles. The molecule has 0 saturated carbocycles. The molecular formula is C27H22Cl2N2O2. The molecule has 4 nitrogen and oxygen atoms in total. The van der Waals surface area contributed by atoms with Crippen LogP contribution in [0.4, 0.5) is 0 Å². The topological polar surface area (TPSA) is 44.1 Å². The minimum Gasteiger partial charge on any atom is -0.481 e. The van der Waals surface area contributed by atoms with Crippen LogP contribution in [0.1, 0.15) is 30.9 Å². The molecule has 0 amide bonds. The van der Waals surface area contributed by atoms with E-state index in [0.717, 1.165) is 16.5 Å². The van der Waals surface area contributed by atoms with Crippen LogP contribution < -0.4 is 10.4 Å². The van der Waals surface area contributed by atoms with Gasteiger partial charge < -0.3 is 4.74 Å². The van der Waals surface area contributed by atoms with Crippen molar-refractivity contribution < 1.29 is 4.74 Å². The highest BCUT2D eigenvalue weighted by molar-refractivity contribution is 6.42. The maximum Gasteiger partial charge on any atom is 0.348 e. The number of hydrogen-bond acceptors (Lipinski definition) is 3. The van der Waals surface area contributed by atoms with Gasteiger partial charge in [0.2, 0.25) is 0 Å². The summed E-state index contributed by atoms with van der Waals surface area (Å²) in [5, 5.41) is 1.63. The summed E-state index contributed by atoms with van der Waals surface area (Å²) in [4.78, 5) is 17.6. The predicted octanol–water partition coefficient (Wildman–Crippen LogP) is 6.55. The van der Waals surface area contributed by atoms with Crippen molar-refractivity contribution in [1.29, 1.82) is 0 Å². The Morgan fingerprint density at radius 2 is 1.85 bits per heavy atom. The highest BCUT2D eigenvalue weighted by Gasteiger charge is 2.15. The fourth-order valence-corrected chi connectivity index (χ4v) is 4.09. The summed E-state index contributed by atoms with van der Waals surface area (Å²) in [6, 6.07) is 19.0. The van der Waals surface area contributed by atoms with Crippen molar-refractivity contribution in [1.82, 2.24) is 9.55 Å². The summed E-state index contributed by atoms with van der Waals surface area (Å²) in [5.41, 5.74) is 3.72. The summed E-state index contributed by atoms with van der Waals surface area (Å²) in [5.74, 6) is 3.48. The standard InChI is InChI=1S/C27H22Cl2N2O2/c1-4-14-33-21-12-13-24-22(15-21)26(19-10-8-18(9-11-19)17(2)3)30-27(32)31(24)16-20-6-5-7-23(28)25(20)29/h1,5-13,15,17H,14,16H2,2-3H3. The van der Waals surface area contributed by atoms with E-state index in [9.17, 15) is 4.79 Å². The average molecular weight is 477 g/mol. The Hall–Kier alpha value is -3.26. The highest BCUT2D eigenvalue weighted by Crippen LogP contribution is 2.31. The largest absolute Gasteiger partial charge is 0.481 e. The summed E-state index contributed by atoms with van der Waals surface area (Å²) >= 11 is 12.6. The van der Waals surface area contributed by atoms with Crippen molar-refractivity contribution in [3.8, 4) is 29.4 Å². The van der Waals surface area contributed by atoms with E-state index >= 15 is 0 Å². The lowest BCUT2D eigenvalue weighted by atomic mass is 9.99. The van der Waals surface area contributed by atoms with Gasteiger partial charge in [-0.05, 0) is 41.3 Å². The van der Waals surface area contributed by atoms with Crippen molar-refractivity contribution in [2.24, 2.45) is 0 Å². The van der Waals surface area contributed by atoms with E-state index in [1.807, 2.05) is 30.3 Å². The van der Waals surface area contributed by atoms with Gasteiger partial charge >= 0.3 is 5.69 Å². The number of fused-ring (bicyclic) bond motifs is 1. The molecule has 4 rings (SSSR count). The van der Waals surface area contributed by atoms with Crippen LogP contribution in [0.15, 0.2) is 65.5 Å². The van der Waals surface area contributed by atoms with E-state index < -0.39 is 0 Å². The molecule has 0 aliphatic heterocycles. The second-order valence-corrected chi connectivity index (χ2v) is 8.78. The van der Waals surface area contributed by atoms with Gasteiger partial charge in [-0.2, -0.15) is 4.98 Å². The Bertz CT molecular complexity index is 1420. The van der Waals surface area contributed by atoms with Crippen LogP contribution in [0.25, 0.3) is 22.2 Å². The summed E-state index contributed by atoms with van der Waals surface area (Å²) < 4.78 is 7.23. The normalized spacial score (nSPS) is 11.0. The lowest BCUT2D eigenvalue weighted by Gasteiger charge is -2.15.